The maximum Gasteiger partial charge on any atom is 0.170 e. The number of hydrogen-bond donors (Lipinski definition) is 0. The van der Waals surface area contributed by atoms with Crippen LogP contribution < -0.4 is 9.47 Å². The van der Waals surface area contributed by atoms with Crippen molar-refractivity contribution in [3.8, 4) is 11.5 Å². The Morgan fingerprint density at radius 2 is 0.917 bits per heavy atom. The fraction of sp³-hybridized carbons (Fsp3) is 0.0909. The summed E-state index contributed by atoms with van der Waals surface area (Å²) in [7, 11) is 0. The van der Waals surface area contributed by atoms with Gasteiger partial charge >= 0.3 is 0 Å². The highest BCUT2D eigenvalue weighted by atomic mass is 16.6. The molecule has 5 rings (SSSR count). The zero-order valence-corrected chi connectivity index (χ0v) is 13.1. The molecule has 0 amide bonds. The van der Waals surface area contributed by atoms with Crippen molar-refractivity contribution in [2.24, 2.45) is 0 Å². The maximum absolute atomic E-state index is 6.40. The monoisotopic (exact) mass is 312 g/mol. The van der Waals surface area contributed by atoms with E-state index in [1.54, 1.807) is 0 Å². The molecule has 116 valence electrons. The normalized spacial score (nSPS) is 25.5. The van der Waals surface area contributed by atoms with Crippen molar-refractivity contribution in [1.29, 1.82) is 0 Å². The van der Waals surface area contributed by atoms with Gasteiger partial charge < -0.3 is 9.47 Å². The predicted octanol–water partition coefficient (Wildman–Crippen LogP) is 5.18. The van der Waals surface area contributed by atoms with Crippen molar-refractivity contribution in [3.63, 3.8) is 0 Å². The fourth-order valence-corrected chi connectivity index (χ4v) is 3.49. The molecule has 0 saturated heterocycles. The van der Waals surface area contributed by atoms with E-state index < -0.39 is 0 Å². The molecule has 24 heavy (non-hydrogen) atoms. The van der Waals surface area contributed by atoms with Gasteiger partial charge in [-0.2, -0.15) is 0 Å². The molecule has 2 nitrogen and oxygen atoms in total. The van der Waals surface area contributed by atoms with E-state index in [0.29, 0.717) is 0 Å². The lowest BCUT2D eigenvalue weighted by atomic mass is 9.98. The average Bonchev–Trinajstić information content (AvgIpc) is 2.62. The van der Waals surface area contributed by atoms with Crippen molar-refractivity contribution >= 4 is 21.5 Å². The van der Waals surface area contributed by atoms with Crippen LogP contribution in [-0.4, -0.2) is 12.2 Å². The fourth-order valence-electron chi connectivity index (χ4n) is 3.49. The average molecular weight is 312 g/mol. The van der Waals surface area contributed by atoms with Crippen LogP contribution in [0.1, 0.15) is 0 Å². The van der Waals surface area contributed by atoms with Crippen LogP contribution in [0.15, 0.2) is 85.0 Å². The third kappa shape index (κ3) is 1.96. The van der Waals surface area contributed by atoms with E-state index in [2.05, 4.69) is 48.6 Å². The first-order valence-corrected chi connectivity index (χ1v) is 8.20. The molecule has 3 aromatic rings. The van der Waals surface area contributed by atoms with Crippen LogP contribution in [0.25, 0.3) is 21.5 Å². The van der Waals surface area contributed by atoms with Crippen LogP contribution in [0.2, 0.25) is 0 Å². The van der Waals surface area contributed by atoms with Crippen molar-refractivity contribution in [1.82, 2.24) is 0 Å². The van der Waals surface area contributed by atoms with Gasteiger partial charge in [-0.25, -0.2) is 0 Å². The van der Waals surface area contributed by atoms with E-state index in [1.165, 1.54) is 10.8 Å². The molecule has 1 aliphatic heterocycles. The highest BCUT2D eigenvalue weighted by molar-refractivity contribution is 6.13. The molecule has 0 fully saturated rings. The predicted molar refractivity (Wildman–Crippen MR) is 97.7 cm³/mol. The van der Waals surface area contributed by atoms with Crippen LogP contribution in [0.5, 0.6) is 11.5 Å². The van der Waals surface area contributed by atoms with Gasteiger partial charge in [-0.3, -0.25) is 0 Å². The standard InChI is InChI=1S/C22H16O2/c1-2-4-14-20-19(13-3-1)23-21-17-11-7-5-9-15(17)16-10-6-8-12-18(16)22(21)24-20/h1-14,19-20H/b2-1-,13-3-,14-4-/t19-,20+. The largest absolute Gasteiger partial charge is 0.478 e. The number of allylic oxidation sites excluding steroid dienone is 4. The molecule has 0 saturated carbocycles. The van der Waals surface area contributed by atoms with Gasteiger partial charge in [0.1, 0.15) is 0 Å². The second kappa shape index (κ2) is 5.27. The first-order chi connectivity index (χ1) is 11.9. The maximum atomic E-state index is 6.40. The Hall–Kier alpha value is -3.00. The Balaban J connectivity index is 1.82. The van der Waals surface area contributed by atoms with E-state index in [1.807, 2.05) is 36.4 Å². The molecule has 0 bridgehead atoms. The van der Waals surface area contributed by atoms with Crippen LogP contribution in [0.4, 0.5) is 0 Å². The number of fused-ring (bicyclic) bond motifs is 7. The first kappa shape index (κ1) is 13.4. The summed E-state index contributed by atoms with van der Waals surface area (Å²) in [5.74, 6) is 1.68. The second-order valence-corrected chi connectivity index (χ2v) is 6.07. The van der Waals surface area contributed by atoms with Crippen LogP contribution >= 0.6 is 0 Å². The molecule has 2 heteroatoms. The van der Waals surface area contributed by atoms with Crippen molar-refractivity contribution < 1.29 is 9.47 Å². The molecular formula is C22H16O2. The third-order valence-electron chi connectivity index (χ3n) is 4.61. The molecule has 0 N–H and O–H groups in total. The van der Waals surface area contributed by atoms with Crippen molar-refractivity contribution in [2.75, 3.05) is 0 Å². The van der Waals surface area contributed by atoms with Gasteiger partial charge in [-0.1, -0.05) is 72.8 Å². The summed E-state index contributed by atoms with van der Waals surface area (Å²) >= 11 is 0. The van der Waals surface area contributed by atoms with Gasteiger partial charge in [-0.05, 0) is 22.9 Å². The van der Waals surface area contributed by atoms with E-state index in [9.17, 15) is 0 Å². The van der Waals surface area contributed by atoms with E-state index in [-0.39, 0.29) is 12.2 Å². The number of ether oxygens (including phenoxy) is 2. The first-order valence-electron chi connectivity index (χ1n) is 8.20. The number of rotatable bonds is 0. The minimum absolute atomic E-state index is 0.122. The minimum Gasteiger partial charge on any atom is -0.478 e. The number of benzene rings is 3. The van der Waals surface area contributed by atoms with Gasteiger partial charge in [0.05, 0.1) is 0 Å². The quantitative estimate of drug-likeness (QED) is 0.532. The van der Waals surface area contributed by atoms with Crippen LogP contribution in [0, 0.1) is 0 Å². The summed E-state index contributed by atoms with van der Waals surface area (Å²) in [4.78, 5) is 0. The Labute approximate surface area is 140 Å². The second-order valence-electron chi connectivity index (χ2n) is 6.07. The zero-order valence-electron chi connectivity index (χ0n) is 13.1. The molecule has 0 radical (unpaired) electrons. The van der Waals surface area contributed by atoms with Gasteiger partial charge in [0, 0.05) is 10.8 Å². The summed E-state index contributed by atoms with van der Waals surface area (Å²) in [6, 6.07) is 16.7. The molecule has 3 aromatic carbocycles. The van der Waals surface area contributed by atoms with E-state index >= 15 is 0 Å². The summed E-state index contributed by atoms with van der Waals surface area (Å²) < 4.78 is 12.8. The SMILES string of the molecule is C1=C\C=C/[C@H]2Oc3c(c4ccccc4c4ccccc34)O[C@H]2\C=C/1. The van der Waals surface area contributed by atoms with Gasteiger partial charge in [0.15, 0.2) is 23.7 Å². The zero-order chi connectivity index (χ0) is 15.9. The van der Waals surface area contributed by atoms with E-state index in [4.69, 9.17) is 9.47 Å². The molecule has 0 spiro atoms. The molecular weight excluding hydrogens is 296 g/mol. The Morgan fingerprint density at radius 1 is 0.500 bits per heavy atom. The molecule has 1 aliphatic carbocycles. The Morgan fingerprint density at radius 3 is 1.38 bits per heavy atom. The van der Waals surface area contributed by atoms with Crippen LogP contribution in [-0.2, 0) is 0 Å². The lowest BCUT2D eigenvalue weighted by Gasteiger charge is -2.33. The van der Waals surface area contributed by atoms with E-state index in [0.717, 1.165) is 22.3 Å². The van der Waals surface area contributed by atoms with Crippen molar-refractivity contribution in [2.45, 2.75) is 12.2 Å². The highest BCUT2D eigenvalue weighted by Gasteiger charge is 2.31. The third-order valence-corrected chi connectivity index (χ3v) is 4.61. The summed E-state index contributed by atoms with van der Waals surface area (Å²) in [6.45, 7) is 0. The number of hydrogen-bond acceptors (Lipinski definition) is 2. The minimum atomic E-state index is -0.122. The summed E-state index contributed by atoms with van der Waals surface area (Å²) in [5.41, 5.74) is 0. The van der Waals surface area contributed by atoms with Crippen molar-refractivity contribution in [3.05, 3.63) is 85.0 Å². The molecule has 2 atom stereocenters. The summed E-state index contributed by atoms with van der Waals surface area (Å²) in [6.07, 6.45) is 11.9. The Kier molecular flexibility index (Phi) is 2.95. The lowest BCUT2D eigenvalue weighted by Crippen LogP contribution is -2.37. The Bertz CT molecular complexity index is 944. The smallest absolute Gasteiger partial charge is 0.170 e. The van der Waals surface area contributed by atoms with Crippen LogP contribution in [0.3, 0.4) is 0 Å². The molecule has 2 aliphatic rings. The topological polar surface area (TPSA) is 18.5 Å². The summed E-state index contributed by atoms with van der Waals surface area (Å²) in [5, 5.41) is 4.58. The van der Waals surface area contributed by atoms with Gasteiger partial charge in [-0.15, -0.1) is 0 Å². The van der Waals surface area contributed by atoms with Gasteiger partial charge in [0.2, 0.25) is 0 Å². The highest BCUT2D eigenvalue weighted by Crippen LogP contribution is 2.47. The molecule has 1 heterocycles. The van der Waals surface area contributed by atoms with Gasteiger partial charge in [0.25, 0.3) is 0 Å². The molecule has 0 aromatic heterocycles. The molecule has 0 unspecified atom stereocenters. The lowest BCUT2D eigenvalue weighted by molar-refractivity contribution is 0.0805.